The minimum atomic E-state index is -0.262. The number of rotatable bonds is 8. The zero-order valence-electron chi connectivity index (χ0n) is 15.8. The molecule has 0 heterocycles. The van der Waals surface area contributed by atoms with E-state index in [1.54, 1.807) is 18.2 Å². The van der Waals surface area contributed by atoms with Gasteiger partial charge in [-0.3, -0.25) is 9.59 Å². The molecular weight excluding hydrogens is 328 g/mol. The SMILES string of the molecule is CCOc1ccc(C[NH+](C)[C@H](C)C(=O)Nc2ccccc2C(C)=O)cc1. The number of Topliss-reactive ketones (excluding diaryl/α,β-unsaturated/α-hetero) is 1. The summed E-state index contributed by atoms with van der Waals surface area (Å²) >= 11 is 0. The van der Waals surface area contributed by atoms with Crippen LogP contribution in [0.2, 0.25) is 0 Å². The van der Waals surface area contributed by atoms with Gasteiger partial charge in [0.2, 0.25) is 0 Å². The number of hydrogen-bond donors (Lipinski definition) is 2. The summed E-state index contributed by atoms with van der Waals surface area (Å²) in [7, 11) is 1.98. The third kappa shape index (κ3) is 5.17. The molecule has 2 atom stereocenters. The van der Waals surface area contributed by atoms with Crippen molar-refractivity contribution in [3.63, 3.8) is 0 Å². The highest BCUT2D eigenvalue weighted by atomic mass is 16.5. The standard InChI is InChI=1S/C21H26N2O3/c1-5-26-18-12-10-17(11-13-18)14-23(4)15(2)21(25)22-20-9-7-6-8-19(20)16(3)24/h6-13,15H,5,14H2,1-4H3,(H,22,25)/p+1/t15-/m1/s1. The molecule has 1 unspecified atom stereocenters. The van der Waals surface area contributed by atoms with Crippen molar-refractivity contribution in [2.24, 2.45) is 0 Å². The molecule has 138 valence electrons. The summed E-state index contributed by atoms with van der Waals surface area (Å²) in [5.41, 5.74) is 2.22. The fourth-order valence-corrected chi connectivity index (χ4v) is 2.71. The maximum atomic E-state index is 12.6. The number of amides is 1. The fraction of sp³-hybridized carbons (Fsp3) is 0.333. The van der Waals surface area contributed by atoms with Gasteiger partial charge < -0.3 is 15.0 Å². The zero-order chi connectivity index (χ0) is 19.1. The molecule has 5 heteroatoms. The number of ketones is 1. The van der Waals surface area contributed by atoms with E-state index in [2.05, 4.69) is 5.32 Å². The molecule has 0 aromatic heterocycles. The number of anilines is 1. The highest BCUT2D eigenvalue weighted by Crippen LogP contribution is 2.15. The molecule has 0 bridgehead atoms. The van der Waals surface area contributed by atoms with E-state index in [9.17, 15) is 9.59 Å². The summed E-state index contributed by atoms with van der Waals surface area (Å²) in [6.07, 6.45) is 0. The number of nitrogens with one attached hydrogen (secondary N) is 2. The van der Waals surface area contributed by atoms with Gasteiger partial charge in [0.1, 0.15) is 12.3 Å². The van der Waals surface area contributed by atoms with Gasteiger partial charge >= 0.3 is 0 Å². The van der Waals surface area contributed by atoms with Gasteiger partial charge in [-0.25, -0.2) is 0 Å². The van der Waals surface area contributed by atoms with Gasteiger partial charge in [0.05, 0.1) is 19.3 Å². The molecule has 0 aliphatic rings. The van der Waals surface area contributed by atoms with Gasteiger partial charge in [-0.2, -0.15) is 0 Å². The second kappa shape index (κ2) is 9.15. The molecule has 1 amide bonds. The number of quaternary nitrogens is 1. The van der Waals surface area contributed by atoms with E-state index >= 15 is 0 Å². The van der Waals surface area contributed by atoms with E-state index in [1.807, 2.05) is 51.2 Å². The predicted molar refractivity (Wildman–Crippen MR) is 103 cm³/mol. The fourth-order valence-electron chi connectivity index (χ4n) is 2.71. The first-order valence-corrected chi connectivity index (χ1v) is 8.87. The van der Waals surface area contributed by atoms with Crippen LogP contribution in [0.15, 0.2) is 48.5 Å². The Labute approximate surface area is 155 Å². The van der Waals surface area contributed by atoms with Crippen molar-refractivity contribution in [3.05, 3.63) is 59.7 Å². The van der Waals surface area contributed by atoms with Gasteiger partial charge in [-0.05, 0) is 57.2 Å². The van der Waals surface area contributed by atoms with Crippen molar-refractivity contribution >= 4 is 17.4 Å². The van der Waals surface area contributed by atoms with Crippen molar-refractivity contribution < 1.29 is 19.2 Å². The third-order valence-corrected chi connectivity index (χ3v) is 4.41. The van der Waals surface area contributed by atoms with E-state index in [0.717, 1.165) is 22.8 Å². The molecular formula is C21H27N2O3+. The lowest BCUT2D eigenvalue weighted by Gasteiger charge is -2.21. The van der Waals surface area contributed by atoms with Gasteiger partial charge in [0.25, 0.3) is 5.91 Å². The van der Waals surface area contributed by atoms with Gasteiger partial charge in [0.15, 0.2) is 11.8 Å². The van der Waals surface area contributed by atoms with Crippen molar-refractivity contribution in [1.29, 1.82) is 0 Å². The minimum Gasteiger partial charge on any atom is -0.494 e. The van der Waals surface area contributed by atoms with E-state index in [1.165, 1.54) is 6.92 Å². The van der Waals surface area contributed by atoms with Crippen LogP contribution in [-0.2, 0) is 11.3 Å². The smallest absolute Gasteiger partial charge is 0.282 e. The predicted octanol–water partition coefficient (Wildman–Crippen LogP) is 2.33. The van der Waals surface area contributed by atoms with Crippen LogP contribution in [0.3, 0.4) is 0 Å². The van der Waals surface area contributed by atoms with Crippen molar-refractivity contribution in [2.75, 3.05) is 19.0 Å². The molecule has 0 fully saturated rings. The lowest BCUT2D eigenvalue weighted by atomic mass is 10.1. The maximum Gasteiger partial charge on any atom is 0.282 e. The Morgan fingerprint density at radius 2 is 1.77 bits per heavy atom. The quantitative estimate of drug-likeness (QED) is 0.715. The van der Waals surface area contributed by atoms with Gasteiger partial charge in [0, 0.05) is 11.1 Å². The largest absolute Gasteiger partial charge is 0.494 e. The molecule has 0 aliphatic carbocycles. The zero-order valence-corrected chi connectivity index (χ0v) is 15.8. The van der Waals surface area contributed by atoms with E-state index in [4.69, 9.17) is 4.74 Å². The van der Waals surface area contributed by atoms with Crippen LogP contribution in [0.25, 0.3) is 0 Å². The van der Waals surface area contributed by atoms with E-state index < -0.39 is 0 Å². The Morgan fingerprint density at radius 1 is 1.12 bits per heavy atom. The summed E-state index contributed by atoms with van der Waals surface area (Å²) in [5, 5.41) is 2.88. The monoisotopic (exact) mass is 355 g/mol. The number of hydrogen-bond acceptors (Lipinski definition) is 3. The number of carbonyl (C=O) groups excluding carboxylic acids is 2. The Bertz CT molecular complexity index is 756. The molecule has 0 aliphatic heterocycles. The Hall–Kier alpha value is -2.66. The molecule has 0 radical (unpaired) electrons. The van der Waals surface area contributed by atoms with Crippen molar-refractivity contribution in [2.45, 2.75) is 33.4 Å². The number of likely N-dealkylation sites (N-methyl/N-ethyl adjacent to an activating group) is 1. The molecule has 2 aromatic carbocycles. The van der Waals surface area contributed by atoms with Crippen LogP contribution < -0.4 is 15.0 Å². The van der Waals surface area contributed by atoms with Crippen LogP contribution in [0.5, 0.6) is 5.75 Å². The molecule has 5 nitrogen and oxygen atoms in total. The Kier molecular flexibility index (Phi) is 6.92. The Balaban J connectivity index is 2.00. The average molecular weight is 355 g/mol. The lowest BCUT2D eigenvalue weighted by molar-refractivity contribution is -0.907. The van der Waals surface area contributed by atoms with Gasteiger partial charge in [-0.15, -0.1) is 0 Å². The average Bonchev–Trinajstić information content (AvgIpc) is 2.63. The first-order chi connectivity index (χ1) is 12.4. The van der Waals surface area contributed by atoms with Crippen molar-refractivity contribution in [3.8, 4) is 5.75 Å². The first kappa shape index (κ1) is 19.7. The first-order valence-electron chi connectivity index (χ1n) is 8.87. The van der Waals surface area contributed by atoms with Crippen molar-refractivity contribution in [1.82, 2.24) is 0 Å². The highest BCUT2D eigenvalue weighted by Gasteiger charge is 2.23. The van der Waals surface area contributed by atoms with Crippen LogP contribution >= 0.6 is 0 Å². The number of benzene rings is 2. The third-order valence-electron chi connectivity index (χ3n) is 4.41. The summed E-state index contributed by atoms with van der Waals surface area (Å²) in [4.78, 5) is 25.4. The molecule has 26 heavy (non-hydrogen) atoms. The van der Waals surface area contributed by atoms with E-state index in [0.29, 0.717) is 17.9 Å². The van der Waals surface area contributed by atoms with Crippen LogP contribution in [0, 0.1) is 0 Å². The molecule has 2 aromatic rings. The second-order valence-corrected chi connectivity index (χ2v) is 6.41. The van der Waals surface area contributed by atoms with Gasteiger partial charge in [-0.1, -0.05) is 12.1 Å². The lowest BCUT2D eigenvalue weighted by Crippen LogP contribution is -3.12. The minimum absolute atomic E-state index is 0.0661. The molecule has 2 N–H and O–H groups in total. The molecule has 2 rings (SSSR count). The summed E-state index contributed by atoms with van der Waals surface area (Å²) in [6.45, 7) is 6.70. The summed E-state index contributed by atoms with van der Waals surface area (Å²) in [5.74, 6) is 0.673. The normalized spacial score (nSPS) is 12.9. The molecule has 0 saturated heterocycles. The second-order valence-electron chi connectivity index (χ2n) is 6.41. The maximum absolute atomic E-state index is 12.6. The molecule has 0 saturated carbocycles. The van der Waals surface area contributed by atoms with Crippen LogP contribution in [-0.4, -0.2) is 31.4 Å². The highest BCUT2D eigenvalue weighted by molar-refractivity contribution is 6.04. The Morgan fingerprint density at radius 3 is 2.38 bits per heavy atom. The van der Waals surface area contributed by atoms with Crippen LogP contribution in [0.1, 0.15) is 36.7 Å². The number of ether oxygens (including phenoxy) is 1. The van der Waals surface area contributed by atoms with Crippen LogP contribution in [0.4, 0.5) is 5.69 Å². The topological polar surface area (TPSA) is 59.8 Å². The number of carbonyl (C=O) groups is 2. The summed E-state index contributed by atoms with van der Waals surface area (Å²) < 4.78 is 5.45. The molecule has 0 spiro atoms. The summed E-state index contributed by atoms with van der Waals surface area (Å²) in [6, 6.07) is 14.7. The number of para-hydroxylation sites is 1. The van der Waals surface area contributed by atoms with E-state index in [-0.39, 0.29) is 17.7 Å².